The van der Waals surface area contributed by atoms with Gasteiger partial charge in [0.1, 0.15) is 0 Å². The van der Waals surface area contributed by atoms with Gasteiger partial charge in [0.05, 0.1) is 6.26 Å². The van der Waals surface area contributed by atoms with Crippen LogP contribution in [0.25, 0.3) is 0 Å². The van der Waals surface area contributed by atoms with Crippen molar-refractivity contribution in [1.29, 1.82) is 0 Å². The minimum absolute atomic E-state index is 0.00359. The Morgan fingerprint density at radius 2 is 1.75 bits per heavy atom. The first-order chi connectivity index (χ1) is 7.18. The molecule has 16 heavy (non-hydrogen) atoms. The highest BCUT2D eigenvalue weighted by Gasteiger charge is 2.27. The van der Waals surface area contributed by atoms with Crippen LogP contribution in [0.4, 0.5) is 3.89 Å². The maximum absolute atomic E-state index is 12.5. The number of rotatable bonds is 4. The third-order valence-corrected chi connectivity index (χ3v) is 3.51. The predicted molar refractivity (Wildman–Crippen MR) is 53.7 cm³/mol. The molecule has 0 unspecified atom stereocenters. The second-order valence-corrected chi connectivity index (χ2v) is 6.44. The van der Waals surface area contributed by atoms with Gasteiger partial charge in [-0.2, -0.15) is 30.9 Å². The number of nitrogens with one attached hydrogen (secondary N) is 1. The average molecular weight is 276 g/mol. The molecule has 0 aromatic carbocycles. The molecule has 1 aliphatic rings. The van der Waals surface area contributed by atoms with Gasteiger partial charge in [0.15, 0.2) is 0 Å². The third kappa shape index (κ3) is 4.70. The second kappa shape index (κ2) is 4.92. The van der Waals surface area contributed by atoms with Crippen LogP contribution >= 0.6 is 0 Å². The summed E-state index contributed by atoms with van der Waals surface area (Å²) in [5, 5.41) is 0. The molecule has 1 rings (SSSR count). The molecule has 1 heterocycles. The fraction of sp³-hybridized carbons (Fsp3) is 1.00. The van der Waals surface area contributed by atoms with Crippen LogP contribution < -0.4 is 5.48 Å². The molecular weight excluding hydrogens is 263 g/mol. The molecule has 1 saturated heterocycles. The summed E-state index contributed by atoms with van der Waals surface area (Å²) in [6, 6.07) is -0.298. The summed E-state index contributed by atoms with van der Waals surface area (Å²) in [6.45, 7) is 0.00719. The van der Waals surface area contributed by atoms with E-state index in [1.807, 2.05) is 0 Å². The van der Waals surface area contributed by atoms with Gasteiger partial charge >= 0.3 is 10.4 Å². The second-order valence-electron chi connectivity index (χ2n) is 3.52. The van der Waals surface area contributed by atoms with Crippen molar-refractivity contribution in [2.45, 2.75) is 18.9 Å². The third-order valence-electron chi connectivity index (χ3n) is 2.13. The number of hydrogen-bond acceptors (Lipinski definition) is 6. The first-order valence-electron chi connectivity index (χ1n) is 4.52. The Kier molecular flexibility index (Phi) is 4.23. The maximum Gasteiger partial charge on any atom is 0.374 e. The van der Waals surface area contributed by atoms with Crippen LogP contribution in [0, 0.1) is 0 Å². The molecule has 0 amide bonds. The Balaban J connectivity index is 2.39. The van der Waals surface area contributed by atoms with Crippen molar-refractivity contribution in [2.24, 2.45) is 0 Å². The first-order valence-corrected chi connectivity index (χ1v) is 7.68. The first kappa shape index (κ1) is 13.8. The fourth-order valence-corrected chi connectivity index (χ4v) is 2.31. The summed E-state index contributed by atoms with van der Waals surface area (Å²) in [5.74, 6) is 0. The van der Waals surface area contributed by atoms with Gasteiger partial charge in [0.2, 0.25) is 0 Å². The molecule has 96 valence electrons. The molecule has 1 fully saturated rings. The van der Waals surface area contributed by atoms with Crippen molar-refractivity contribution in [2.75, 3.05) is 19.3 Å². The normalized spacial score (nSPS) is 21.1. The smallest absolute Gasteiger partial charge is 0.198 e. The van der Waals surface area contributed by atoms with E-state index >= 15 is 0 Å². The van der Waals surface area contributed by atoms with Gasteiger partial charge in [-0.3, -0.25) is 0 Å². The highest BCUT2D eigenvalue weighted by atomic mass is 32.3. The van der Waals surface area contributed by atoms with Gasteiger partial charge in [-0.15, -0.1) is 0 Å². The Hall–Kier alpha value is -0.290. The van der Waals surface area contributed by atoms with Crippen molar-refractivity contribution in [3.63, 3.8) is 0 Å². The van der Waals surface area contributed by atoms with Crippen molar-refractivity contribution < 1.29 is 25.0 Å². The minimum Gasteiger partial charge on any atom is -0.198 e. The molecule has 0 radical (unpaired) electrons. The molecule has 10 heteroatoms. The molecule has 0 atom stereocenters. The molecule has 0 spiro atoms. The molecule has 0 aromatic heterocycles. The van der Waals surface area contributed by atoms with E-state index in [9.17, 15) is 20.7 Å². The number of piperidine rings is 1. The van der Waals surface area contributed by atoms with E-state index in [0.717, 1.165) is 6.26 Å². The van der Waals surface area contributed by atoms with Crippen molar-refractivity contribution >= 4 is 20.5 Å². The van der Waals surface area contributed by atoms with Gasteiger partial charge < -0.3 is 0 Å². The minimum atomic E-state index is -4.65. The summed E-state index contributed by atoms with van der Waals surface area (Å²) in [4.78, 5) is 0. The lowest BCUT2D eigenvalue weighted by Gasteiger charge is -2.28. The van der Waals surface area contributed by atoms with Gasteiger partial charge in [-0.1, -0.05) is 3.89 Å². The number of hydrogen-bond donors (Lipinski definition) is 1. The summed E-state index contributed by atoms with van der Waals surface area (Å²) in [6.07, 6.45) is 1.47. The zero-order valence-electron chi connectivity index (χ0n) is 8.59. The number of nitrogens with zero attached hydrogens (tertiary/aromatic N) is 1. The summed E-state index contributed by atoms with van der Waals surface area (Å²) in [5.41, 5.74) is 2.30. The molecule has 0 saturated carbocycles. The van der Waals surface area contributed by atoms with E-state index in [4.69, 9.17) is 0 Å². The summed E-state index contributed by atoms with van der Waals surface area (Å²) < 4.78 is 59.9. The Bertz CT molecular complexity index is 426. The number of hydroxylamine groups is 1. The van der Waals surface area contributed by atoms with Crippen molar-refractivity contribution in [3.05, 3.63) is 0 Å². The molecular formula is C6H13FN2O5S2. The van der Waals surface area contributed by atoms with Crippen molar-refractivity contribution in [1.82, 2.24) is 9.79 Å². The van der Waals surface area contributed by atoms with Crippen LogP contribution in [0.15, 0.2) is 0 Å². The summed E-state index contributed by atoms with van der Waals surface area (Å²) in [7, 11) is -8.23. The lowest BCUT2D eigenvalue weighted by Crippen LogP contribution is -2.44. The highest BCUT2D eigenvalue weighted by molar-refractivity contribution is 7.85. The topological polar surface area (TPSA) is 92.8 Å². The van der Waals surface area contributed by atoms with Gasteiger partial charge in [-0.25, -0.2) is 0 Å². The molecule has 7 nitrogen and oxygen atoms in total. The van der Waals surface area contributed by atoms with E-state index in [0.29, 0.717) is 17.1 Å². The van der Waals surface area contributed by atoms with Crippen molar-refractivity contribution in [3.8, 4) is 0 Å². The van der Waals surface area contributed by atoms with Gasteiger partial charge in [0.25, 0.3) is 10.1 Å². The highest BCUT2D eigenvalue weighted by Crippen LogP contribution is 2.14. The van der Waals surface area contributed by atoms with E-state index in [1.54, 1.807) is 0 Å². The fourth-order valence-electron chi connectivity index (χ4n) is 1.35. The number of halogens is 1. The van der Waals surface area contributed by atoms with Crippen LogP contribution in [0.3, 0.4) is 0 Å². The van der Waals surface area contributed by atoms with Crippen LogP contribution in [0.2, 0.25) is 0 Å². The van der Waals surface area contributed by atoms with Crippen LogP contribution in [0.5, 0.6) is 0 Å². The largest absolute Gasteiger partial charge is 0.374 e. The SMILES string of the molecule is CS(=O)(=O)ONC1CCN(S(=O)(=O)F)CC1. The molecule has 1 N–H and O–H groups in total. The van der Waals surface area contributed by atoms with E-state index in [1.165, 1.54) is 0 Å². The van der Waals surface area contributed by atoms with Crippen LogP contribution in [-0.2, 0) is 24.8 Å². The average Bonchev–Trinajstić information content (AvgIpc) is 2.13. The standard InChI is InChI=1S/C6H13FN2O5S2/c1-15(10,11)14-8-6-2-4-9(5-3-6)16(7,12)13/h6,8H,2-5H2,1H3. The van der Waals surface area contributed by atoms with E-state index in [-0.39, 0.29) is 19.1 Å². The van der Waals surface area contributed by atoms with Gasteiger partial charge in [0, 0.05) is 19.1 Å². The van der Waals surface area contributed by atoms with Crippen LogP contribution in [-0.4, -0.2) is 46.5 Å². The molecule has 0 aromatic rings. The maximum atomic E-state index is 12.5. The lowest BCUT2D eigenvalue weighted by atomic mass is 10.1. The summed E-state index contributed by atoms with van der Waals surface area (Å²) >= 11 is 0. The monoisotopic (exact) mass is 276 g/mol. The zero-order valence-corrected chi connectivity index (χ0v) is 10.2. The molecule has 0 aliphatic carbocycles. The van der Waals surface area contributed by atoms with E-state index in [2.05, 4.69) is 9.76 Å². The Labute approximate surface area is 94.0 Å². The van der Waals surface area contributed by atoms with E-state index < -0.39 is 20.5 Å². The zero-order chi connectivity index (χ0) is 12.4. The molecule has 0 bridgehead atoms. The quantitative estimate of drug-likeness (QED) is 0.531. The molecule has 1 aliphatic heterocycles. The Morgan fingerprint density at radius 1 is 1.25 bits per heavy atom. The lowest BCUT2D eigenvalue weighted by molar-refractivity contribution is 0.130. The predicted octanol–water partition coefficient (Wildman–Crippen LogP) is -0.854. The Morgan fingerprint density at radius 3 is 2.12 bits per heavy atom. The van der Waals surface area contributed by atoms with Gasteiger partial charge in [-0.05, 0) is 12.8 Å². The van der Waals surface area contributed by atoms with Crippen LogP contribution in [0.1, 0.15) is 12.8 Å².